The van der Waals surface area contributed by atoms with E-state index >= 15 is 0 Å². The molecule has 4 rings (SSSR count). The number of phenols is 1. The largest absolute Gasteiger partial charge is 0.506 e. The Hall–Kier alpha value is -2.67. The molecule has 1 saturated heterocycles. The minimum atomic E-state index is -0.323. The van der Waals surface area contributed by atoms with Crippen LogP contribution in [-0.4, -0.2) is 29.1 Å². The van der Waals surface area contributed by atoms with E-state index in [1.54, 1.807) is 30.3 Å². The Labute approximate surface area is 154 Å². The van der Waals surface area contributed by atoms with Crippen molar-refractivity contribution in [2.75, 3.05) is 23.3 Å². The van der Waals surface area contributed by atoms with Crippen molar-refractivity contribution in [3.05, 3.63) is 48.3 Å². The summed E-state index contributed by atoms with van der Waals surface area (Å²) in [5.74, 6) is -0.602. The first-order valence-corrected chi connectivity index (χ1v) is 9.32. The number of nitrogens with zero attached hydrogens (tertiary/aromatic N) is 2. The number of piperidine rings is 1. The van der Waals surface area contributed by atoms with Gasteiger partial charge in [-0.25, -0.2) is 9.37 Å². The fourth-order valence-corrected chi connectivity index (χ4v) is 4.23. The standard InChI is InChI=1S/C19H18FN3O2S/c20-13-6-3-9-16-17(13)22-19(26-16)23-10-4-5-12(11-23)18(25)21-14-7-1-2-8-15(14)24/h1-3,6-9,12,24H,4-5,10-11H2,(H,21,25). The average molecular weight is 371 g/mol. The number of nitrogens with one attached hydrogen (secondary N) is 1. The van der Waals surface area contributed by atoms with Crippen molar-refractivity contribution in [2.45, 2.75) is 12.8 Å². The molecule has 2 heterocycles. The third-order valence-corrected chi connectivity index (χ3v) is 5.66. The van der Waals surface area contributed by atoms with Gasteiger partial charge in [0.25, 0.3) is 0 Å². The van der Waals surface area contributed by atoms with Crippen LogP contribution in [0.3, 0.4) is 0 Å². The van der Waals surface area contributed by atoms with Gasteiger partial charge in [-0.2, -0.15) is 0 Å². The second-order valence-corrected chi connectivity index (χ2v) is 7.38. The highest BCUT2D eigenvalue weighted by molar-refractivity contribution is 7.22. The van der Waals surface area contributed by atoms with Crippen LogP contribution in [0.2, 0.25) is 0 Å². The lowest BCUT2D eigenvalue weighted by Crippen LogP contribution is -2.40. The van der Waals surface area contributed by atoms with Gasteiger partial charge in [0.15, 0.2) is 5.13 Å². The first kappa shape index (κ1) is 16.8. The Morgan fingerprint density at radius 3 is 2.92 bits per heavy atom. The van der Waals surface area contributed by atoms with E-state index < -0.39 is 0 Å². The number of anilines is 2. The molecule has 0 bridgehead atoms. The van der Waals surface area contributed by atoms with Crippen molar-refractivity contribution in [3.63, 3.8) is 0 Å². The van der Waals surface area contributed by atoms with Gasteiger partial charge in [-0.1, -0.05) is 29.5 Å². The number of halogens is 1. The molecule has 134 valence electrons. The van der Waals surface area contributed by atoms with Crippen molar-refractivity contribution in [2.24, 2.45) is 5.92 Å². The molecule has 26 heavy (non-hydrogen) atoms. The van der Waals surface area contributed by atoms with Gasteiger partial charge in [-0.3, -0.25) is 4.79 Å². The van der Waals surface area contributed by atoms with Gasteiger partial charge in [-0.05, 0) is 37.1 Å². The van der Waals surface area contributed by atoms with Gasteiger partial charge >= 0.3 is 0 Å². The number of aromatic nitrogens is 1. The van der Waals surface area contributed by atoms with E-state index in [0.717, 1.165) is 29.2 Å². The summed E-state index contributed by atoms with van der Waals surface area (Å²) in [5, 5.41) is 13.4. The molecule has 2 N–H and O–H groups in total. The Balaban J connectivity index is 1.50. The average Bonchev–Trinajstić information content (AvgIpc) is 3.09. The van der Waals surface area contributed by atoms with Crippen molar-refractivity contribution < 1.29 is 14.3 Å². The van der Waals surface area contributed by atoms with Crippen molar-refractivity contribution in [1.29, 1.82) is 0 Å². The summed E-state index contributed by atoms with van der Waals surface area (Å²) < 4.78 is 14.7. The van der Waals surface area contributed by atoms with Gasteiger partial charge in [0.2, 0.25) is 5.91 Å². The lowest BCUT2D eigenvalue weighted by molar-refractivity contribution is -0.120. The Morgan fingerprint density at radius 1 is 1.27 bits per heavy atom. The highest BCUT2D eigenvalue weighted by atomic mass is 32.1. The summed E-state index contributed by atoms with van der Waals surface area (Å²) in [4.78, 5) is 19.1. The second-order valence-electron chi connectivity index (χ2n) is 6.37. The predicted molar refractivity (Wildman–Crippen MR) is 101 cm³/mol. The predicted octanol–water partition coefficient (Wildman–Crippen LogP) is 4.00. The van der Waals surface area contributed by atoms with Gasteiger partial charge in [-0.15, -0.1) is 0 Å². The molecule has 1 unspecified atom stereocenters. The molecule has 1 aliphatic heterocycles. The summed E-state index contributed by atoms with van der Waals surface area (Å²) in [6, 6.07) is 11.6. The molecule has 5 nitrogen and oxygen atoms in total. The second kappa shape index (κ2) is 6.92. The first-order chi connectivity index (χ1) is 12.6. The van der Waals surface area contributed by atoms with E-state index in [1.165, 1.54) is 17.4 Å². The number of carbonyl (C=O) groups is 1. The van der Waals surface area contributed by atoms with Gasteiger partial charge < -0.3 is 15.3 Å². The minimum Gasteiger partial charge on any atom is -0.506 e. The normalized spacial score (nSPS) is 17.4. The molecule has 7 heteroatoms. The van der Waals surface area contributed by atoms with Crippen molar-refractivity contribution >= 4 is 38.3 Å². The molecular weight excluding hydrogens is 353 g/mol. The Morgan fingerprint density at radius 2 is 2.12 bits per heavy atom. The zero-order valence-electron chi connectivity index (χ0n) is 14.0. The maximum atomic E-state index is 13.9. The molecule has 1 fully saturated rings. The summed E-state index contributed by atoms with van der Waals surface area (Å²) >= 11 is 1.44. The van der Waals surface area contributed by atoms with E-state index in [2.05, 4.69) is 10.3 Å². The maximum absolute atomic E-state index is 13.9. The Kier molecular flexibility index (Phi) is 4.46. The van der Waals surface area contributed by atoms with Crippen LogP contribution < -0.4 is 10.2 Å². The minimum absolute atomic E-state index is 0.0511. The molecular formula is C19H18FN3O2S. The zero-order chi connectivity index (χ0) is 18.1. The number of aromatic hydroxyl groups is 1. The third kappa shape index (κ3) is 3.22. The van der Waals surface area contributed by atoms with Crippen LogP contribution in [0.4, 0.5) is 15.2 Å². The van der Waals surface area contributed by atoms with Crippen LogP contribution >= 0.6 is 11.3 Å². The van der Waals surface area contributed by atoms with Gasteiger partial charge in [0, 0.05) is 13.1 Å². The topological polar surface area (TPSA) is 65.5 Å². The molecule has 0 aliphatic carbocycles. The third-order valence-electron chi connectivity index (χ3n) is 4.58. The molecule has 1 atom stereocenters. The van der Waals surface area contributed by atoms with E-state index in [1.807, 2.05) is 11.0 Å². The molecule has 1 aromatic heterocycles. The van der Waals surface area contributed by atoms with E-state index in [-0.39, 0.29) is 23.4 Å². The van der Waals surface area contributed by atoms with Crippen molar-refractivity contribution in [1.82, 2.24) is 4.98 Å². The summed E-state index contributed by atoms with van der Waals surface area (Å²) in [6.45, 7) is 1.32. The molecule has 2 aromatic carbocycles. The number of carbonyl (C=O) groups excluding carboxylic acids is 1. The smallest absolute Gasteiger partial charge is 0.229 e. The summed E-state index contributed by atoms with van der Waals surface area (Å²) in [5.41, 5.74) is 0.796. The monoisotopic (exact) mass is 371 g/mol. The van der Waals surface area contributed by atoms with E-state index in [4.69, 9.17) is 0 Å². The number of rotatable bonds is 3. The highest BCUT2D eigenvalue weighted by Gasteiger charge is 2.28. The number of benzene rings is 2. The molecule has 0 saturated carbocycles. The van der Waals surface area contributed by atoms with Gasteiger partial charge in [0.1, 0.15) is 17.1 Å². The van der Waals surface area contributed by atoms with Crippen LogP contribution in [0, 0.1) is 11.7 Å². The van der Waals surface area contributed by atoms with Crippen LogP contribution in [0.1, 0.15) is 12.8 Å². The summed E-state index contributed by atoms with van der Waals surface area (Å²) in [6.07, 6.45) is 1.63. The Bertz CT molecular complexity index is 959. The zero-order valence-corrected chi connectivity index (χ0v) is 14.8. The summed E-state index contributed by atoms with van der Waals surface area (Å²) in [7, 11) is 0. The number of amides is 1. The molecule has 1 aliphatic rings. The first-order valence-electron chi connectivity index (χ1n) is 8.50. The number of thiazole rings is 1. The van der Waals surface area contributed by atoms with E-state index in [0.29, 0.717) is 17.7 Å². The molecule has 3 aromatic rings. The number of phenolic OH excluding ortho intramolecular Hbond substituents is 1. The fraction of sp³-hybridized carbons (Fsp3) is 0.263. The lowest BCUT2D eigenvalue weighted by Gasteiger charge is -2.31. The maximum Gasteiger partial charge on any atom is 0.229 e. The van der Waals surface area contributed by atoms with Gasteiger partial charge in [0.05, 0.1) is 16.3 Å². The molecule has 0 spiro atoms. The number of fused-ring (bicyclic) bond motifs is 1. The van der Waals surface area contributed by atoms with Crippen LogP contribution in [0.15, 0.2) is 42.5 Å². The quantitative estimate of drug-likeness (QED) is 0.683. The van der Waals surface area contributed by atoms with Crippen LogP contribution in [0.5, 0.6) is 5.75 Å². The number of para-hydroxylation sites is 3. The highest BCUT2D eigenvalue weighted by Crippen LogP contribution is 2.33. The SMILES string of the molecule is O=C(Nc1ccccc1O)C1CCCN(c2nc3c(F)cccc3s2)C1. The molecule has 0 radical (unpaired) electrons. The van der Waals surface area contributed by atoms with Crippen LogP contribution in [0.25, 0.3) is 10.2 Å². The fourth-order valence-electron chi connectivity index (χ4n) is 3.22. The number of hydrogen-bond donors (Lipinski definition) is 2. The van der Waals surface area contributed by atoms with Crippen LogP contribution in [-0.2, 0) is 4.79 Å². The van der Waals surface area contributed by atoms with E-state index in [9.17, 15) is 14.3 Å². The molecule has 1 amide bonds. The lowest BCUT2D eigenvalue weighted by atomic mass is 9.97. The van der Waals surface area contributed by atoms with Crippen molar-refractivity contribution in [3.8, 4) is 5.75 Å². The number of hydrogen-bond acceptors (Lipinski definition) is 5.